The first-order valence-corrected chi connectivity index (χ1v) is 6.74. The molecule has 0 saturated carbocycles. The molecule has 0 amide bonds. The van der Waals surface area contributed by atoms with E-state index in [4.69, 9.17) is 9.84 Å². The van der Waals surface area contributed by atoms with Crippen molar-refractivity contribution in [2.75, 3.05) is 20.1 Å². The maximum absolute atomic E-state index is 11.0. The fraction of sp³-hybridized carbons (Fsp3) is 0.533. The van der Waals surface area contributed by atoms with E-state index in [1.54, 1.807) is 6.92 Å². The van der Waals surface area contributed by atoms with Crippen molar-refractivity contribution in [2.45, 2.75) is 31.8 Å². The average molecular weight is 263 g/mol. The quantitative estimate of drug-likeness (QED) is 0.906. The van der Waals surface area contributed by atoms with Gasteiger partial charge in [-0.15, -0.1) is 0 Å². The SMILES string of the molecule is CC(C(=O)O)c1cccc(OC2CCCN(C)C2)c1. The smallest absolute Gasteiger partial charge is 0.310 e. The highest BCUT2D eigenvalue weighted by molar-refractivity contribution is 5.75. The molecule has 19 heavy (non-hydrogen) atoms. The van der Waals surface area contributed by atoms with Crippen molar-refractivity contribution >= 4 is 5.97 Å². The maximum Gasteiger partial charge on any atom is 0.310 e. The lowest BCUT2D eigenvalue weighted by Crippen LogP contribution is -2.38. The summed E-state index contributed by atoms with van der Waals surface area (Å²) in [6, 6.07) is 7.43. The molecule has 1 aliphatic rings. The molecule has 4 heteroatoms. The molecular weight excluding hydrogens is 242 g/mol. The number of ether oxygens (including phenoxy) is 1. The molecule has 0 radical (unpaired) electrons. The summed E-state index contributed by atoms with van der Waals surface area (Å²) in [4.78, 5) is 13.3. The van der Waals surface area contributed by atoms with Gasteiger partial charge in [0.2, 0.25) is 0 Å². The highest BCUT2D eigenvalue weighted by atomic mass is 16.5. The van der Waals surface area contributed by atoms with E-state index in [1.807, 2.05) is 24.3 Å². The molecule has 0 bridgehead atoms. The summed E-state index contributed by atoms with van der Waals surface area (Å²) in [6.45, 7) is 3.74. The van der Waals surface area contributed by atoms with Gasteiger partial charge in [0.25, 0.3) is 0 Å². The van der Waals surface area contributed by atoms with Gasteiger partial charge in [0.1, 0.15) is 11.9 Å². The van der Waals surface area contributed by atoms with Crippen LogP contribution < -0.4 is 4.74 Å². The van der Waals surface area contributed by atoms with Gasteiger partial charge in [-0.25, -0.2) is 0 Å². The number of carboxylic acids is 1. The van der Waals surface area contributed by atoms with E-state index in [1.165, 1.54) is 0 Å². The number of carboxylic acid groups (broad SMARTS) is 1. The summed E-state index contributed by atoms with van der Waals surface area (Å²) in [5, 5.41) is 9.03. The van der Waals surface area contributed by atoms with E-state index in [0.29, 0.717) is 0 Å². The average Bonchev–Trinajstić information content (AvgIpc) is 2.38. The Kier molecular flexibility index (Phi) is 4.43. The van der Waals surface area contributed by atoms with Gasteiger partial charge in [0.05, 0.1) is 5.92 Å². The molecule has 2 rings (SSSR count). The Morgan fingerprint density at radius 1 is 1.53 bits per heavy atom. The number of hydrogen-bond donors (Lipinski definition) is 1. The number of piperidine rings is 1. The molecule has 1 aliphatic heterocycles. The largest absolute Gasteiger partial charge is 0.489 e. The normalized spacial score (nSPS) is 21.9. The molecule has 2 unspecified atom stereocenters. The zero-order valence-corrected chi connectivity index (χ0v) is 11.5. The first-order chi connectivity index (χ1) is 9.06. The van der Waals surface area contributed by atoms with Gasteiger partial charge in [0.15, 0.2) is 0 Å². The van der Waals surface area contributed by atoms with Crippen molar-refractivity contribution in [2.24, 2.45) is 0 Å². The number of benzene rings is 1. The van der Waals surface area contributed by atoms with Gasteiger partial charge in [-0.1, -0.05) is 12.1 Å². The molecule has 0 aromatic heterocycles. The van der Waals surface area contributed by atoms with Crippen LogP contribution in [0.5, 0.6) is 5.75 Å². The van der Waals surface area contributed by atoms with E-state index >= 15 is 0 Å². The number of nitrogens with zero attached hydrogens (tertiary/aromatic N) is 1. The molecule has 1 aromatic carbocycles. The van der Waals surface area contributed by atoms with Crippen molar-refractivity contribution in [3.63, 3.8) is 0 Å². The molecule has 0 aliphatic carbocycles. The summed E-state index contributed by atoms with van der Waals surface area (Å²) in [7, 11) is 2.10. The van der Waals surface area contributed by atoms with Crippen LogP contribution in [0, 0.1) is 0 Å². The van der Waals surface area contributed by atoms with Crippen LogP contribution in [0.1, 0.15) is 31.2 Å². The molecule has 0 spiro atoms. The van der Waals surface area contributed by atoms with E-state index in [9.17, 15) is 4.79 Å². The number of carbonyl (C=O) groups is 1. The van der Waals surface area contributed by atoms with Crippen molar-refractivity contribution in [1.82, 2.24) is 4.90 Å². The summed E-state index contributed by atoms with van der Waals surface area (Å²) in [5.41, 5.74) is 0.786. The zero-order chi connectivity index (χ0) is 13.8. The van der Waals surface area contributed by atoms with Crippen molar-refractivity contribution < 1.29 is 14.6 Å². The number of hydrogen-bond acceptors (Lipinski definition) is 3. The Morgan fingerprint density at radius 3 is 3.00 bits per heavy atom. The first kappa shape index (κ1) is 13.9. The minimum atomic E-state index is -0.811. The molecular formula is C15H21NO3. The number of rotatable bonds is 4. The fourth-order valence-electron chi connectivity index (χ4n) is 2.41. The van der Waals surface area contributed by atoms with Crippen LogP contribution in [0.25, 0.3) is 0 Å². The van der Waals surface area contributed by atoms with E-state index in [0.717, 1.165) is 37.2 Å². The standard InChI is InChI=1S/C15H21NO3/c1-11(15(17)18)12-5-3-6-13(9-12)19-14-7-4-8-16(2)10-14/h3,5-6,9,11,14H,4,7-8,10H2,1-2H3,(H,17,18). The minimum absolute atomic E-state index is 0.203. The van der Waals surface area contributed by atoms with Gasteiger partial charge < -0.3 is 14.7 Å². The van der Waals surface area contributed by atoms with Crippen LogP contribution in [0.15, 0.2) is 24.3 Å². The van der Waals surface area contributed by atoms with Gasteiger partial charge in [0, 0.05) is 6.54 Å². The number of aliphatic carboxylic acids is 1. The predicted molar refractivity (Wildman–Crippen MR) is 73.6 cm³/mol. The predicted octanol–water partition coefficient (Wildman–Crippen LogP) is 2.35. The lowest BCUT2D eigenvalue weighted by Gasteiger charge is -2.30. The highest BCUT2D eigenvalue weighted by Crippen LogP contribution is 2.23. The third-order valence-electron chi connectivity index (χ3n) is 3.61. The molecule has 104 valence electrons. The van der Waals surface area contributed by atoms with Gasteiger partial charge >= 0.3 is 5.97 Å². The Labute approximate surface area is 114 Å². The van der Waals surface area contributed by atoms with Crippen LogP contribution in [0.2, 0.25) is 0 Å². The third-order valence-corrected chi connectivity index (χ3v) is 3.61. The van der Waals surface area contributed by atoms with Gasteiger partial charge in [-0.05, 0) is 51.1 Å². The second-order valence-corrected chi connectivity index (χ2v) is 5.28. The van der Waals surface area contributed by atoms with E-state index < -0.39 is 11.9 Å². The van der Waals surface area contributed by atoms with Crippen molar-refractivity contribution in [3.05, 3.63) is 29.8 Å². The summed E-state index contributed by atoms with van der Waals surface area (Å²) in [6.07, 6.45) is 2.41. The summed E-state index contributed by atoms with van der Waals surface area (Å²) < 4.78 is 5.96. The molecule has 2 atom stereocenters. The highest BCUT2D eigenvalue weighted by Gasteiger charge is 2.19. The number of likely N-dealkylation sites (N-methyl/N-ethyl adjacent to an activating group) is 1. The van der Waals surface area contributed by atoms with E-state index in [2.05, 4.69) is 11.9 Å². The lowest BCUT2D eigenvalue weighted by molar-refractivity contribution is -0.138. The van der Waals surface area contributed by atoms with Crippen LogP contribution in [0.4, 0.5) is 0 Å². The Morgan fingerprint density at radius 2 is 2.32 bits per heavy atom. The number of likely N-dealkylation sites (tertiary alicyclic amines) is 1. The van der Waals surface area contributed by atoms with Crippen LogP contribution in [-0.4, -0.2) is 42.2 Å². The zero-order valence-electron chi connectivity index (χ0n) is 11.5. The summed E-state index contributed by atoms with van der Waals surface area (Å²) in [5.74, 6) is -0.543. The first-order valence-electron chi connectivity index (χ1n) is 6.74. The van der Waals surface area contributed by atoms with E-state index in [-0.39, 0.29) is 6.10 Å². The third kappa shape index (κ3) is 3.70. The molecule has 1 saturated heterocycles. The van der Waals surface area contributed by atoms with Crippen LogP contribution in [0.3, 0.4) is 0 Å². The molecule has 1 fully saturated rings. The van der Waals surface area contributed by atoms with Crippen molar-refractivity contribution in [1.29, 1.82) is 0 Å². The Bertz CT molecular complexity index is 447. The van der Waals surface area contributed by atoms with Crippen LogP contribution in [-0.2, 0) is 4.79 Å². The molecule has 1 heterocycles. The second-order valence-electron chi connectivity index (χ2n) is 5.28. The maximum atomic E-state index is 11.0. The van der Waals surface area contributed by atoms with Gasteiger partial charge in [-0.3, -0.25) is 4.79 Å². The topological polar surface area (TPSA) is 49.8 Å². The fourth-order valence-corrected chi connectivity index (χ4v) is 2.41. The summed E-state index contributed by atoms with van der Waals surface area (Å²) >= 11 is 0. The lowest BCUT2D eigenvalue weighted by atomic mass is 10.0. The monoisotopic (exact) mass is 263 g/mol. The second kappa shape index (κ2) is 6.06. The Hall–Kier alpha value is -1.55. The molecule has 1 aromatic rings. The molecule has 4 nitrogen and oxygen atoms in total. The van der Waals surface area contributed by atoms with Crippen molar-refractivity contribution in [3.8, 4) is 5.75 Å². The molecule has 1 N–H and O–H groups in total. The minimum Gasteiger partial charge on any atom is -0.489 e. The van der Waals surface area contributed by atoms with Crippen LogP contribution >= 0.6 is 0 Å². The van der Waals surface area contributed by atoms with Gasteiger partial charge in [-0.2, -0.15) is 0 Å². The Balaban J connectivity index is 2.04.